The van der Waals surface area contributed by atoms with E-state index in [1.54, 1.807) is 11.0 Å². The van der Waals surface area contributed by atoms with Crippen LogP contribution >= 0.6 is 0 Å². The van der Waals surface area contributed by atoms with Gasteiger partial charge in [-0.3, -0.25) is 9.69 Å². The largest absolute Gasteiger partial charge is 0.490 e. The third-order valence-corrected chi connectivity index (χ3v) is 4.91. The molecule has 2 N–H and O–H groups in total. The van der Waals surface area contributed by atoms with Gasteiger partial charge in [0.15, 0.2) is 11.5 Å². The van der Waals surface area contributed by atoms with Gasteiger partial charge in [0, 0.05) is 30.9 Å². The number of urea groups is 1. The first-order valence-corrected chi connectivity index (χ1v) is 10.4. The Labute approximate surface area is 177 Å². The molecule has 1 heterocycles. The Morgan fingerprint density at radius 3 is 2.53 bits per heavy atom. The Morgan fingerprint density at radius 2 is 1.87 bits per heavy atom. The molecule has 1 aliphatic heterocycles. The number of carbonyl (C=O) groups is 2. The average molecular weight is 412 g/mol. The number of aryl methyl sites for hydroxylation is 1. The zero-order chi connectivity index (χ0) is 21.5. The van der Waals surface area contributed by atoms with E-state index in [1.807, 2.05) is 51.1 Å². The lowest BCUT2D eigenvalue weighted by atomic mass is 10.1. The van der Waals surface area contributed by atoms with Crippen molar-refractivity contribution in [1.29, 1.82) is 0 Å². The molecular weight excluding hydrogens is 382 g/mol. The Morgan fingerprint density at radius 1 is 1.10 bits per heavy atom. The van der Waals surface area contributed by atoms with E-state index in [-0.39, 0.29) is 11.9 Å². The van der Waals surface area contributed by atoms with Crippen molar-refractivity contribution >= 4 is 17.6 Å². The summed E-state index contributed by atoms with van der Waals surface area (Å²) in [5.41, 5.74) is 3.37. The topological polar surface area (TPSA) is 79.9 Å². The van der Waals surface area contributed by atoms with Crippen LogP contribution in [0.15, 0.2) is 36.4 Å². The number of hydrogen-bond donors (Lipinski definition) is 2. The molecule has 3 rings (SSSR count). The molecule has 0 radical (unpaired) electrons. The van der Waals surface area contributed by atoms with Gasteiger partial charge in [-0.25, -0.2) is 4.79 Å². The van der Waals surface area contributed by atoms with Crippen molar-refractivity contribution in [3.8, 4) is 11.5 Å². The molecule has 1 aliphatic rings. The van der Waals surface area contributed by atoms with Crippen LogP contribution in [-0.2, 0) is 6.42 Å². The lowest BCUT2D eigenvalue weighted by molar-refractivity contribution is 0.0954. The van der Waals surface area contributed by atoms with Gasteiger partial charge in [0.05, 0.1) is 13.2 Å². The van der Waals surface area contributed by atoms with Gasteiger partial charge in [0.25, 0.3) is 5.91 Å². The van der Waals surface area contributed by atoms with Gasteiger partial charge in [-0.1, -0.05) is 6.07 Å². The van der Waals surface area contributed by atoms with Crippen molar-refractivity contribution in [2.75, 3.05) is 37.7 Å². The third kappa shape index (κ3) is 5.03. The molecule has 2 aromatic carbocycles. The molecule has 1 fully saturated rings. The average Bonchev–Trinajstić information content (AvgIpc) is 3.15. The van der Waals surface area contributed by atoms with Crippen LogP contribution in [0.5, 0.6) is 11.5 Å². The predicted molar refractivity (Wildman–Crippen MR) is 117 cm³/mol. The second-order valence-electron chi connectivity index (χ2n) is 7.04. The summed E-state index contributed by atoms with van der Waals surface area (Å²) in [7, 11) is 0. The first-order chi connectivity index (χ1) is 14.5. The van der Waals surface area contributed by atoms with Gasteiger partial charge in [-0.2, -0.15) is 0 Å². The van der Waals surface area contributed by atoms with Gasteiger partial charge in [0.1, 0.15) is 0 Å². The highest BCUT2D eigenvalue weighted by molar-refractivity contribution is 5.97. The number of ether oxygens (including phenoxy) is 2. The Hall–Kier alpha value is -3.22. The minimum atomic E-state index is -0.133. The highest BCUT2D eigenvalue weighted by Crippen LogP contribution is 2.28. The molecule has 0 spiro atoms. The second-order valence-corrected chi connectivity index (χ2v) is 7.04. The number of nitrogens with one attached hydrogen (secondary N) is 2. The van der Waals surface area contributed by atoms with E-state index in [0.717, 1.165) is 28.3 Å². The van der Waals surface area contributed by atoms with Crippen LogP contribution in [-0.4, -0.2) is 44.8 Å². The molecule has 0 aromatic heterocycles. The summed E-state index contributed by atoms with van der Waals surface area (Å²) in [6, 6.07) is 11.2. The highest BCUT2D eigenvalue weighted by atomic mass is 16.5. The number of hydrogen-bond acceptors (Lipinski definition) is 4. The summed E-state index contributed by atoms with van der Waals surface area (Å²) >= 11 is 0. The van der Waals surface area contributed by atoms with Crippen molar-refractivity contribution in [2.45, 2.75) is 27.2 Å². The summed E-state index contributed by atoms with van der Waals surface area (Å²) in [4.78, 5) is 26.1. The van der Waals surface area contributed by atoms with Gasteiger partial charge in [-0.05, 0) is 68.7 Å². The lowest BCUT2D eigenvalue weighted by Crippen LogP contribution is -2.29. The van der Waals surface area contributed by atoms with E-state index in [1.165, 1.54) is 0 Å². The Kier molecular flexibility index (Phi) is 7.17. The smallest absolute Gasteiger partial charge is 0.322 e. The normalized spacial score (nSPS) is 13.2. The summed E-state index contributed by atoms with van der Waals surface area (Å²) in [6.07, 6.45) is 0.684. The molecule has 1 saturated heterocycles. The van der Waals surface area contributed by atoms with E-state index >= 15 is 0 Å². The number of carbonyl (C=O) groups excluding carboxylic acids is 2. The molecule has 7 heteroatoms. The van der Waals surface area contributed by atoms with Crippen LogP contribution in [0.3, 0.4) is 0 Å². The Balaban J connectivity index is 1.59. The second kappa shape index (κ2) is 10.0. The molecule has 0 atom stereocenters. The molecule has 0 unspecified atom stereocenters. The fourth-order valence-electron chi connectivity index (χ4n) is 3.47. The van der Waals surface area contributed by atoms with Crippen molar-refractivity contribution in [2.24, 2.45) is 0 Å². The minimum Gasteiger partial charge on any atom is -0.490 e. The van der Waals surface area contributed by atoms with Gasteiger partial charge in [-0.15, -0.1) is 0 Å². The molecule has 30 heavy (non-hydrogen) atoms. The molecular formula is C23H29N3O4. The van der Waals surface area contributed by atoms with E-state index in [0.29, 0.717) is 44.8 Å². The van der Waals surface area contributed by atoms with Gasteiger partial charge in [0.2, 0.25) is 0 Å². The van der Waals surface area contributed by atoms with E-state index in [4.69, 9.17) is 9.47 Å². The van der Waals surface area contributed by atoms with Crippen LogP contribution in [0.1, 0.15) is 35.3 Å². The number of rotatable bonds is 9. The summed E-state index contributed by atoms with van der Waals surface area (Å²) < 4.78 is 11.2. The van der Waals surface area contributed by atoms with Crippen LogP contribution in [0.25, 0.3) is 0 Å². The van der Waals surface area contributed by atoms with Gasteiger partial charge < -0.3 is 20.1 Å². The standard InChI is InChI=1S/C23H29N3O4/c1-4-29-20-9-6-17(15-21(20)30-5-2)10-11-24-22(27)18-7-8-19(16(3)14-18)26-13-12-25-23(26)28/h6-9,14-15H,4-5,10-13H2,1-3H3,(H,24,27)(H,25,28). The van der Waals surface area contributed by atoms with Crippen molar-refractivity contribution in [1.82, 2.24) is 10.6 Å². The monoisotopic (exact) mass is 411 g/mol. The van der Waals surface area contributed by atoms with E-state index in [2.05, 4.69) is 10.6 Å². The zero-order valence-electron chi connectivity index (χ0n) is 17.8. The highest BCUT2D eigenvalue weighted by Gasteiger charge is 2.22. The minimum absolute atomic E-state index is 0.0999. The maximum atomic E-state index is 12.5. The third-order valence-electron chi connectivity index (χ3n) is 4.91. The van der Waals surface area contributed by atoms with Crippen LogP contribution in [0.4, 0.5) is 10.5 Å². The quantitative estimate of drug-likeness (QED) is 0.664. The van der Waals surface area contributed by atoms with Crippen LogP contribution < -0.4 is 25.0 Å². The number of anilines is 1. The van der Waals surface area contributed by atoms with Crippen molar-refractivity contribution in [3.05, 3.63) is 53.1 Å². The lowest BCUT2D eigenvalue weighted by Gasteiger charge is -2.17. The predicted octanol–water partition coefficient (Wildman–Crippen LogP) is 3.29. The fraction of sp³-hybridized carbons (Fsp3) is 0.391. The SMILES string of the molecule is CCOc1ccc(CCNC(=O)c2ccc(N3CCNC3=O)c(C)c2)cc1OCC. The molecule has 0 bridgehead atoms. The fourth-order valence-corrected chi connectivity index (χ4v) is 3.47. The summed E-state index contributed by atoms with van der Waals surface area (Å²) in [6.45, 7) is 8.71. The summed E-state index contributed by atoms with van der Waals surface area (Å²) in [5.74, 6) is 1.32. The number of benzene rings is 2. The molecule has 0 aliphatic carbocycles. The molecule has 0 saturated carbocycles. The Bertz CT molecular complexity index is 913. The molecule has 7 nitrogen and oxygen atoms in total. The van der Waals surface area contributed by atoms with Crippen LogP contribution in [0, 0.1) is 6.92 Å². The first-order valence-electron chi connectivity index (χ1n) is 10.4. The van der Waals surface area contributed by atoms with Crippen molar-refractivity contribution in [3.63, 3.8) is 0 Å². The first kappa shape index (κ1) is 21.5. The van der Waals surface area contributed by atoms with E-state index < -0.39 is 0 Å². The molecule has 160 valence electrons. The van der Waals surface area contributed by atoms with Crippen molar-refractivity contribution < 1.29 is 19.1 Å². The maximum absolute atomic E-state index is 12.5. The summed E-state index contributed by atoms with van der Waals surface area (Å²) in [5, 5.41) is 5.75. The number of amides is 3. The zero-order valence-corrected chi connectivity index (χ0v) is 17.8. The maximum Gasteiger partial charge on any atom is 0.322 e. The van der Waals surface area contributed by atoms with E-state index in [9.17, 15) is 9.59 Å². The molecule has 2 aromatic rings. The number of nitrogens with zero attached hydrogens (tertiary/aromatic N) is 1. The molecule has 3 amide bonds. The van der Waals surface area contributed by atoms with Crippen LogP contribution in [0.2, 0.25) is 0 Å². The van der Waals surface area contributed by atoms with Gasteiger partial charge >= 0.3 is 6.03 Å².